The van der Waals surface area contributed by atoms with Gasteiger partial charge in [-0.05, 0) is 13.0 Å². The average Bonchev–Trinajstić information content (AvgIpc) is 3.00. The second-order valence-corrected chi connectivity index (χ2v) is 6.02. The van der Waals surface area contributed by atoms with Crippen LogP contribution in [0.25, 0.3) is 0 Å². The van der Waals surface area contributed by atoms with Crippen LogP contribution in [0.5, 0.6) is 5.75 Å². The lowest BCUT2D eigenvalue weighted by atomic mass is 10.2. The SMILES string of the molecule is CCc1nc(SC(C)C(=O)NCc2ccccc2OC)n[nH]1. The third-order valence-electron chi connectivity index (χ3n) is 3.14. The van der Waals surface area contributed by atoms with Crippen LogP contribution in [0.4, 0.5) is 0 Å². The Morgan fingerprint density at radius 2 is 2.23 bits per heavy atom. The topological polar surface area (TPSA) is 79.9 Å². The van der Waals surface area contributed by atoms with Crippen molar-refractivity contribution in [1.29, 1.82) is 0 Å². The fraction of sp³-hybridized carbons (Fsp3) is 0.400. The molecule has 22 heavy (non-hydrogen) atoms. The normalized spacial score (nSPS) is 12.0. The molecule has 0 spiro atoms. The van der Waals surface area contributed by atoms with Crippen molar-refractivity contribution in [2.75, 3.05) is 7.11 Å². The van der Waals surface area contributed by atoms with Gasteiger partial charge >= 0.3 is 0 Å². The first kappa shape index (κ1) is 16.4. The number of nitrogens with one attached hydrogen (secondary N) is 2. The molecular weight excluding hydrogens is 300 g/mol. The number of amides is 1. The van der Waals surface area contributed by atoms with E-state index in [4.69, 9.17) is 4.74 Å². The van der Waals surface area contributed by atoms with Gasteiger partial charge in [0.05, 0.1) is 12.4 Å². The predicted octanol–water partition coefficient (Wildman–Crippen LogP) is 2.17. The van der Waals surface area contributed by atoms with Gasteiger partial charge in [0.2, 0.25) is 11.1 Å². The van der Waals surface area contributed by atoms with E-state index in [-0.39, 0.29) is 11.2 Å². The maximum Gasteiger partial charge on any atom is 0.233 e. The number of methoxy groups -OCH3 is 1. The van der Waals surface area contributed by atoms with E-state index in [1.165, 1.54) is 11.8 Å². The van der Waals surface area contributed by atoms with Crippen molar-refractivity contribution in [1.82, 2.24) is 20.5 Å². The molecule has 1 heterocycles. The molecule has 1 aromatic carbocycles. The van der Waals surface area contributed by atoms with Gasteiger partial charge in [-0.15, -0.1) is 5.10 Å². The number of aromatic nitrogens is 3. The number of benzene rings is 1. The summed E-state index contributed by atoms with van der Waals surface area (Å²) in [7, 11) is 1.62. The summed E-state index contributed by atoms with van der Waals surface area (Å²) >= 11 is 1.34. The molecule has 7 heteroatoms. The highest BCUT2D eigenvalue weighted by molar-refractivity contribution is 8.00. The number of thioether (sulfide) groups is 1. The van der Waals surface area contributed by atoms with Gasteiger partial charge in [-0.3, -0.25) is 9.89 Å². The summed E-state index contributed by atoms with van der Waals surface area (Å²) in [6, 6.07) is 7.62. The van der Waals surface area contributed by atoms with Gasteiger partial charge in [0, 0.05) is 18.5 Å². The lowest BCUT2D eigenvalue weighted by Gasteiger charge is -2.12. The Labute approximate surface area is 134 Å². The average molecular weight is 320 g/mol. The standard InChI is InChI=1S/C15H20N4O2S/c1-4-13-17-15(19-18-13)22-10(2)14(20)16-9-11-7-5-6-8-12(11)21-3/h5-8,10H,4,9H2,1-3H3,(H,16,20)(H,17,18,19). The number of aryl methyl sites for hydroxylation is 1. The minimum absolute atomic E-state index is 0.0567. The minimum Gasteiger partial charge on any atom is -0.496 e. The molecule has 0 radical (unpaired) electrons. The van der Waals surface area contributed by atoms with Crippen molar-refractivity contribution >= 4 is 17.7 Å². The molecule has 118 valence electrons. The molecule has 0 aliphatic heterocycles. The quantitative estimate of drug-likeness (QED) is 0.764. The first-order valence-corrected chi connectivity index (χ1v) is 7.99. The second-order valence-electron chi connectivity index (χ2n) is 4.71. The summed E-state index contributed by atoms with van der Waals surface area (Å²) in [5, 5.41) is 10.2. The van der Waals surface area contributed by atoms with Gasteiger partial charge in [-0.2, -0.15) is 0 Å². The number of carbonyl (C=O) groups excluding carboxylic acids is 1. The third-order valence-corrected chi connectivity index (χ3v) is 4.10. The van der Waals surface area contributed by atoms with Crippen molar-refractivity contribution in [3.05, 3.63) is 35.7 Å². The molecule has 0 bridgehead atoms. The number of carbonyl (C=O) groups is 1. The highest BCUT2D eigenvalue weighted by Gasteiger charge is 2.17. The van der Waals surface area contributed by atoms with Gasteiger partial charge in [0.1, 0.15) is 11.6 Å². The van der Waals surface area contributed by atoms with Crippen LogP contribution in [0, 0.1) is 0 Å². The minimum atomic E-state index is -0.268. The third kappa shape index (κ3) is 4.24. The molecular formula is C15H20N4O2S. The van der Waals surface area contributed by atoms with Gasteiger partial charge in [0.15, 0.2) is 0 Å². The summed E-state index contributed by atoms with van der Waals surface area (Å²) in [4.78, 5) is 16.5. The Morgan fingerprint density at radius 1 is 1.45 bits per heavy atom. The molecule has 0 aliphatic rings. The van der Waals surface area contributed by atoms with Crippen molar-refractivity contribution in [3.63, 3.8) is 0 Å². The van der Waals surface area contributed by atoms with Gasteiger partial charge in [-0.1, -0.05) is 36.9 Å². The largest absolute Gasteiger partial charge is 0.496 e. The zero-order valence-electron chi connectivity index (χ0n) is 12.9. The summed E-state index contributed by atoms with van der Waals surface area (Å²) in [6.07, 6.45) is 0.794. The molecule has 0 fully saturated rings. The van der Waals surface area contributed by atoms with Crippen molar-refractivity contribution in [3.8, 4) is 5.75 Å². The molecule has 2 aromatic rings. The van der Waals surface area contributed by atoms with Crippen LogP contribution in [-0.2, 0) is 17.8 Å². The van der Waals surface area contributed by atoms with Crippen LogP contribution >= 0.6 is 11.8 Å². The molecule has 0 saturated carbocycles. The van der Waals surface area contributed by atoms with Crippen LogP contribution in [0.1, 0.15) is 25.2 Å². The van der Waals surface area contributed by atoms with Crippen molar-refractivity contribution in [2.24, 2.45) is 0 Å². The van der Waals surface area contributed by atoms with Gasteiger partial charge in [0.25, 0.3) is 0 Å². The summed E-state index contributed by atoms with van der Waals surface area (Å²) in [5.74, 6) is 1.53. The maximum absolute atomic E-state index is 12.2. The zero-order chi connectivity index (χ0) is 15.9. The molecule has 6 nitrogen and oxygen atoms in total. The van der Waals surface area contributed by atoms with E-state index in [1.807, 2.05) is 38.1 Å². The van der Waals surface area contributed by atoms with E-state index >= 15 is 0 Å². The molecule has 2 rings (SSSR count). The molecule has 1 atom stereocenters. The Hall–Kier alpha value is -2.02. The Kier molecular flexibility index (Phi) is 5.83. The molecule has 1 unspecified atom stereocenters. The number of para-hydroxylation sites is 1. The van der Waals surface area contributed by atoms with Crippen LogP contribution in [0.15, 0.2) is 29.4 Å². The Morgan fingerprint density at radius 3 is 2.91 bits per heavy atom. The Balaban J connectivity index is 1.88. The first-order valence-electron chi connectivity index (χ1n) is 7.11. The van der Waals surface area contributed by atoms with Crippen molar-refractivity contribution in [2.45, 2.75) is 37.2 Å². The lowest BCUT2D eigenvalue weighted by Crippen LogP contribution is -2.30. The number of nitrogens with zero attached hydrogens (tertiary/aromatic N) is 2. The number of aromatic amines is 1. The molecule has 1 amide bonds. The number of hydrogen-bond acceptors (Lipinski definition) is 5. The fourth-order valence-electron chi connectivity index (χ4n) is 1.88. The van der Waals surface area contributed by atoms with E-state index in [9.17, 15) is 4.79 Å². The highest BCUT2D eigenvalue weighted by Crippen LogP contribution is 2.20. The monoisotopic (exact) mass is 320 g/mol. The molecule has 0 aliphatic carbocycles. The van der Waals surface area contributed by atoms with Gasteiger partial charge in [-0.25, -0.2) is 4.98 Å². The van der Waals surface area contributed by atoms with Crippen LogP contribution in [0.3, 0.4) is 0 Å². The smallest absolute Gasteiger partial charge is 0.233 e. The first-order chi connectivity index (χ1) is 10.6. The van der Waals surface area contributed by atoms with E-state index in [2.05, 4.69) is 20.5 Å². The van der Waals surface area contributed by atoms with Gasteiger partial charge < -0.3 is 10.1 Å². The predicted molar refractivity (Wildman–Crippen MR) is 85.9 cm³/mol. The molecule has 2 N–H and O–H groups in total. The van der Waals surface area contributed by atoms with Crippen LogP contribution in [-0.4, -0.2) is 33.4 Å². The van der Waals surface area contributed by atoms with Crippen LogP contribution in [0.2, 0.25) is 0 Å². The second kappa shape index (κ2) is 7.84. The summed E-state index contributed by atoms with van der Waals surface area (Å²) in [6.45, 7) is 4.27. The van der Waals surface area contributed by atoms with E-state index in [0.29, 0.717) is 11.7 Å². The number of rotatable bonds is 7. The zero-order valence-corrected chi connectivity index (χ0v) is 13.7. The Bertz CT molecular complexity index is 630. The van der Waals surface area contributed by atoms with E-state index < -0.39 is 0 Å². The number of H-pyrrole nitrogens is 1. The highest BCUT2D eigenvalue weighted by atomic mass is 32.2. The maximum atomic E-state index is 12.2. The molecule has 0 saturated heterocycles. The summed E-state index contributed by atoms with van der Waals surface area (Å²) < 4.78 is 5.27. The molecule has 1 aromatic heterocycles. The van der Waals surface area contributed by atoms with Crippen LogP contribution < -0.4 is 10.1 Å². The summed E-state index contributed by atoms with van der Waals surface area (Å²) in [5.41, 5.74) is 0.946. The van der Waals surface area contributed by atoms with E-state index in [0.717, 1.165) is 23.6 Å². The lowest BCUT2D eigenvalue weighted by molar-refractivity contribution is -0.120. The number of hydrogen-bond donors (Lipinski definition) is 2. The number of ether oxygens (including phenoxy) is 1. The van der Waals surface area contributed by atoms with Crippen molar-refractivity contribution < 1.29 is 9.53 Å². The van der Waals surface area contributed by atoms with E-state index in [1.54, 1.807) is 7.11 Å². The fourth-order valence-corrected chi connectivity index (χ4v) is 2.64.